The van der Waals surface area contributed by atoms with Gasteiger partial charge in [-0.3, -0.25) is 9.80 Å². The average Bonchev–Trinajstić information content (AvgIpc) is 2.41. The van der Waals surface area contributed by atoms with E-state index in [1.54, 1.807) is 0 Å². The molecule has 4 heteroatoms. The molecule has 0 bridgehead atoms. The maximum atomic E-state index is 5.75. The molecule has 1 aliphatic carbocycles. The van der Waals surface area contributed by atoms with Crippen molar-refractivity contribution in [1.29, 1.82) is 0 Å². The largest absolute Gasteiger partial charge is 0.392 e. The minimum atomic E-state index is 0.252. The Morgan fingerprint density at radius 3 is 2.26 bits per heavy atom. The summed E-state index contributed by atoms with van der Waals surface area (Å²) in [5.74, 6) is 1.79. The Balaban J connectivity index is 1.82. The Labute approximate surface area is 123 Å². The third kappa shape index (κ3) is 3.67. The molecule has 0 spiro atoms. The summed E-state index contributed by atoms with van der Waals surface area (Å²) in [7, 11) is 0. The molecule has 110 valence electrons. The number of nitrogens with zero attached hydrogens (tertiary/aromatic N) is 2. The molecule has 2 rings (SSSR count). The molecule has 2 fully saturated rings. The first-order chi connectivity index (χ1) is 8.99. The summed E-state index contributed by atoms with van der Waals surface area (Å²) in [5.41, 5.74) is 5.75. The van der Waals surface area contributed by atoms with Crippen LogP contribution in [0.3, 0.4) is 0 Å². The van der Waals surface area contributed by atoms with E-state index in [0.717, 1.165) is 31.0 Å². The van der Waals surface area contributed by atoms with Crippen molar-refractivity contribution in [2.24, 2.45) is 17.6 Å². The quantitative estimate of drug-likeness (QED) is 0.804. The Morgan fingerprint density at radius 1 is 1.11 bits per heavy atom. The number of hydrogen-bond donors (Lipinski definition) is 1. The van der Waals surface area contributed by atoms with Crippen LogP contribution in [-0.2, 0) is 0 Å². The van der Waals surface area contributed by atoms with E-state index >= 15 is 0 Å². The molecule has 0 aromatic rings. The van der Waals surface area contributed by atoms with E-state index in [4.69, 9.17) is 18.0 Å². The van der Waals surface area contributed by atoms with E-state index in [2.05, 4.69) is 30.6 Å². The summed E-state index contributed by atoms with van der Waals surface area (Å²) in [4.78, 5) is 5.76. The fourth-order valence-corrected chi connectivity index (χ4v) is 3.67. The normalized spacial score (nSPS) is 36.1. The lowest BCUT2D eigenvalue weighted by Crippen LogP contribution is -2.55. The molecule has 0 aromatic heterocycles. The lowest BCUT2D eigenvalue weighted by Gasteiger charge is -2.44. The van der Waals surface area contributed by atoms with Gasteiger partial charge in [0.1, 0.15) is 0 Å². The predicted molar refractivity (Wildman–Crippen MR) is 85.4 cm³/mol. The molecule has 1 aliphatic heterocycles. The molecule has 2 aliphatic rings. The first kappa shape index (κ1) is 15.2. The third-order valence-corrected chi connectivity index (χ3v) is 5.74. The van der Waals surface area contributed by atoms with Crippen molar-refractivity contribution >= 4 is 17.2 Å². The SMILES string of the molecule is CC1CCC(N2CCN(C(C)C(N)=S)CC2)CC1C. The fourth-order valence-electron chi connectivity index (χ4n) is 3.52. The van der Waals surface area contributed by atoms with Gasteiger partial charge in [-0.15, -0.1) is 0 Å². The Hall–Kier alpha value is -0.190. The first-order valence-corrected chi connectivity index (χ1v) is 8.17. The standard InChI is InChI=1S/C15H29N3S/c1-11-4-5-14(10-12(11)2)18-8-6-17(7-9-18)13(3)15(16)19/h11-14H,4-10H2,1-3H3,(H2,16,19). The highest BCUT2D eigenvalue weighted by Crippen LogP contribution is 2.32. The van der Waals surface area contributed by atoms with Crippen molar-refractivity contribution in [2.45, 2.75) is 52.1 Å². The molecule has 1 saturated carbocycles. The van der Waals surface area contributed by atoms with Crippen LogP contribution in [0.5, 0.6) is 0 Å². The van der Waals surface area contributed by atoms with Crippen LogP contribution in [0.4, 0.5) is 0 Å². The summed E-state index contributed by atoms with van der Waals surface area (Å²) < 4.78 is 0. The number of piperazine rings is 1. The van der Waals surface area contributed by atoms with Crippen molar-refractivity contribution in [3.8, 4) is 0 Å². The van der Waals surface area contributed by atoms with Gasteiger partial charge in [-0.1, -0.05) is 26.1 Å². The second-order valence-corrected chi connectivity index (χ2v) is 7.04. The van der Waals surface area contributed by atoms with Gasteiger partial charge >= 0.3 is 0 Å². The molecule has 4 atom stereocenters. The number of thiocarbonyl (C=S) groups is 1. The first-order valence-electron chi connectivity index (χ1n) is 7.76. The zero-order valence-electron chi connectivity index (χ0n) is 12.6. The summed E-state index contributed by atoms with van der Waals surface area (Å²) in [6.07, 6.45) is 4.16. The second-order valence-electron chi connectivity index (χ2n) is 6.57. The molecule has 4 unspecified atom stereocenters. The summed E-state index contributed by atoms with van der Waals surface area (Å²) in [6, 6.07) is 1.07. The van der Waals surface area contributed by atoms with Crippen LogP contribution in [0, 0.1) is 11.8 Å². The van der Waals surface area contributed by atoms with Crippen LogP contribution < -0.4 is 5.73 Å². The van der Waals surface area contributed by atoms with E-state index in [9.17, 15) is 0 Å². The van der Waals surface area contributed by atoms with E-state index in [-0.39, 0.29) is 6.04 Å². The van der Waals surface area contributed by atoms with Crippen molar-refractivity contribution < 1.29 is 0 Å². The molecule has 1 heterocycles. The van der Waals surface area contributed by atoms with Crippen molar-refractivity contribution in [1.82, 2.24) is 9.80 Å². The molecule has 19 heavy (non-hydrogen) atoms. The minimum Gasteiger partial charge on any atom is -0.392 e. The number of nitrogens with two attached hydrogens (primary N) is 1. The van der Waals surface area contributed by atoms with Crippen LogP contribution in [0.25, 0.3) is 0 Å². The Kier molecular flexibility index (Phi) is 5.21. The van der Waals surface area contributed by atoms with Crippen LogP contribution in [-0.4, -0.2) is 53.1 Å². The van der Waals surface area contributed by atoms with E-state index in [1.807, 2.05) is 0 Å². The lowest BCUT2D eigenvalue weighted by molar-refractivity contribution is 0.0527. The topological polar surface area (TPSA) is 32.5 Å². The van der Waals surface area contributed by atoms with Gasteiger partial charge in [0, 0.05) is 32.2 Å². The van der Waals surface area contributed by atoms with Gasteiger partial charge in [-0.05, 0) is 38.0 Å². The molecule has 0 amide bonds. The minimum absolute atomic E-state index is 0.252. The van der Waals surface area contributed by atoms with E-state index in [1.165, 1.54) is 32.4 Å². The van der Waals surface area contributed by atoms with E-state index < -0.39 is 0 Å². The lowest BCUT2D eigenvalue weighted by atomic mass is 9.78. The van der Waals surface area contributed by atoms with Crippen LogP contribution in [0.1, 0.15) is 40.0 Å². The molecular weight excluding hydrogens is 254 g/mol. The monoisotopic (exact) mass is 283 g/mol. The zero-order chi connectivity index (χ0) is 14.0. The fraction of sp³-hybridized carbons (Fsp3) is 0.933. The smallest absolute Gasteiger partial charge is 0.0899 e. The van der Waals surface area contributed by atoms with Gasteiger partial charge < -0.3 is 5.73 Å². The molecule has 3 nitrogen and oxygen atoms in total. The molecular formula is C15H29N3S. The third-order valence-electron chi connectivity index (χ3n) is 5.40. The molecule has 0 radical (unpaired) electrons. The van der Waals surface area contributed by atoms with Gasteiger partial charge in [-0.25, -0.2) is 0 Å². The molecule has 0 aromatic carbocycles. The van der Waals surface area contributed by atoms with Crippen molar-refractivity contribution in [3.05, 3.63) is 0 Å². The van der Waals surface area contributed by atoms with E-state index in [0.29, 0.717) is 4.99 Å². The van der Waals surface area contributed by atoms with Gasteiger partial charge in [0.25, 0.3) is 0 Å². The average molecular weight is 283 g/mol. The van der Waals surface area contributed by atoms with Gasteiger partial charge in [0.2, 0.25) is 0 Å². The van der Waals surface area contributed by atoms with Crippen LogP contribution >= 0.6 is 12.2 Å². The highest BCUT2D eigenvalue weighted by atomic mass is 32.1. The van der Waals surface area contributed by atoms with Crippen LogP contribution in [0.15, 0.2) is 0 Å². The van der Waals surface area contributed by atoms with Crippen molar-refractivity contribution in [3.63, 3.8) is 0 Å². The van der Waals surface area contributed by atoms with Gasteiger partial charge in [0.05, 0.1) is 11.0 Å². The summed E-state index contributed by atoms with van der Waals surface area (Å²) in [6.45, 7) is 11.5. The second kappa shape index (κ2) is 6.51. The maximum Gasteiger partial charge on any atom is 0.0899 e. The molecule has 2 N–H and O–H groups in total. The zero-order valence-corrected chi connectivity index (χ0v) is 13.5. The number of rotatable bonds is 3. The maximum absolute atomic E-state index is 5.75. The van der Waals surface area contributed by atoms with Crippen molar-refractivity contribution in [2.75, 3.05) is 26.2 Å². The number of hydrogen-bond acceptors (Lipinski definition) is 3. The Bertz CT molecular complexity index is 313. The highest BCUT2D eigenvalue weighted by molar-refractivity contribution is 7.80. The molecule has 1 saturated heterocycles. The van der Waals surface area contributed by atoms with Crippen LogP contribution in [0.2, 0.25) is 0 Å². The summed E-state index contributed by atoms with van der Waals surface area (Å²) in [5, 5.41) is 0. The summed E-state index contributed by atoms with van der Waals surface area (Å²) >= 11 is 5.10. The predicted octanol–water partition coefficient (Wildman–Crippen LogP) is 2.10. The van der Waals surface area contributed by atoms with Gasteiger partial charge in [0.15, 0.2) is 0 Å². The Morgan fingerprint density at radius 2 is 1.74 bits per heavy atom. The highest BCUT2D eigenvalue weighted by Gasteiger charge is 2.31. The van der Waals surface area contributed by atoms with Gasteiger partial charge in [-0.2, -0.15) is 0 Å².